The van der Waals surface area contributed by atoms with Crippen molar-refractivity contribution in [2.75, 3.05) is 19.7 Å². The standard InChI is InChI=1S/C19H17NO5/c21-18(20-9-12(10-20)25-19(22)23)24-11-17-15-7-3-1-5-13(15)14-6-2-4-8-16(14)17/h1-8,12,17H,9-11H2,(H,22,23). The fraction of sp³-hybridized carbons (Fsp3) is 0.263. The number of hydrogen-bond acceptors (Lipinski definition) is 4. The van der Waals surface area contributed by atoms with Crippen molar-refractivity contribution >= 4 is 12.2 Å². The minimum absolute atomic E-state index is 0.0173. The van der Waals surface area contributed by atoms with E-state index in [0.29, 0.717) is 0 Å². The van der Waals surface area contributed by atoms with E-state index in [0.717, 1.165) is 11.1 Å². The van der Waals surface area contributed by atoms with Gasteiger partial charge in [0.1, 0.15) is 12.7 Å². The molecule has 128 valence electrons. The summed E-state index contributed by atoms with van der Waals surface area (Å²) in [7, 11) is 0. The van der Waals surface area contributed by atoms with Crippen molar-refractivity contribution in [1.29, 1.82) is 0 Å². The third-order valence-corrected chi connectivity index (χ3v) is 4.71. The van der Waals surface area contributed by atoms with Crippen molar-refractivity contribution < 1.29 is 24.2 Å². The van der Waals surface area contributed by atoms with Gasteiger partial charge >= 0.3 is 12.2 Å². The number of rotatable bonds is 3. The largest absolute Gasteiger partial charge is 0.506 e. The molecule has 1 aliphatic heterocycles. The summed E-state index contributed by atoms with van der Waals surface area (Å²) < 4.78 is 10.1. The van der Waals surface area contributed by atoms with Gasteiger partial charge in [0.2, 0.25) is 0 Å². The molecule has 0 bridgehead atoms. The van der Waals surface area contributed by atoms with Crippen molar-refractivity contribution in [2.24, 2.45) is 0 Å². The van der Waals surface area contributed by atoms with E-state index in [4.69, 9.17) is 9.84 Å². The second-order valence-electron chi connectivity index (χ2n) is 6.21. The van der Waals surface area contributed by atoms with E-state index in [-0.39, 0.29) is 25.6 Å². The number of benzene rings is 2. The molecule has 2 aromatic carbocycles. The zero-order chi connectivity index (χ0) is 17.4. The Morgan fingerprint density at radius 2 is 1.56 bits per heavy atom. The van der Waals surface area contributed by atoms with Crippen LogP contribution in [-0.2, 0) is 9.47 Å². The van der Waals surface area contributed by atoms with Crippen molar-refractivity contribution in [3.8, 4) is 11.1 Å². The van der Waals surface area contributed by atoms with Crippen LogP contribution in [-0.4, -0.2) is 48.1 Å². The summed E-state index contributed by atoms with van der Waals surface area (Å²) in [6, 6.07) is 16.3. The first-order valence-corrected chi connectivity index (χ1v) is 8.13. The highest BCUT2D eigenvalue weighted by Crippen LogP contribution is 2.44. The van der Waals surface area contributed by atoms with E-state index in [2.05, 4.69) is 29.0 Å². The summed E-state index contributed by atoms with van der Waals surface area (Å²) in [6.07, 6.45) is -2.22. The normalized spacial score (nSPS) is 15.9. The van der Waals surface area contributed by atoms with Crippen LogP contribution in [0.15, 0.2) is 48.5 Å². The summed E-state index contributed by atoms with van der Waals surface area (Å²) in [4.78, 5) is 24.0. The Labute approximate surface area is 144 Å². The van der Waals surface area contributed by atoms with Crippen molar-refractivity contribution in [2.45, 2.75) is 12.0 Å². The van der Waals surface area contributed by atoms with Crippen LogP contribution in [0.1, 0.15) is 17.0 Å². The molecule has 2 aromatic rings. The second kappa shape index (κ2) is 6.12. The molecular formula is C19H17NO5. The van der Waals surface area contributed by atoms with Gasteiger partial charge in [0.25, 0.3) is 0 Å². The molecule has 25 heavy (non-hydrogen) atoms. The molecule has 1 aliphatic carbocycles. The highest BCUT2D eigenvalue weighted by molar-refractivity contribution is 5.79. The smallest absolute Gasteiger partial charge is 0.450 e. The summed E-state index contributed by atoms with van der Waals surface area (Å²) in [5.74, 6) is 0.0173. The number of carboxylic acid groups (broad SMARTS) is 1. The lowest BCUT2D eigenvalue weighted by Crippen LogP contribution is -2.55. The Balaban J connectivity index is 1.42. The first-order chi connectivity index (χ1) is 12.1. The molecule has 0 atom stereocenters. The maximum absolute atomic E-state index is 12.1. The van der Waals surface area contributed by atoms with Gasteiger partial charge < -0.3 is 19.5 Å². The van der Waals surface area contributed by atoms with E-state index >= 15 is 0 Å². The molecular weight excluding hydrogens is 322 g/mol. The number of ether oxygens (including phenoxy) is 2. The van der Waals surface area contributed by atoms with Crippen molar-refractivity contribution in [3.05, 3.63) is 59.7 Å². The van der Waals surface area contributed by atoms with Crippen LogP contribution in [0.4, 0.5) is 9.59 Å². The minimum Gasteiger partial charge on any atom is -0.450 e. The van der Waals surface area contributed by atoms with Gasteiger partial charge in [-0.25, -0.2) is 9.59 Å². The zero-order valence-corrected chi connectivity index (χ0v) is 13.4. The van der Waals surface area contributed by atoms with Crippen molar-refractivity contribution in [3.63, 3.8) is 0 Å². The maximum atomic E-state index is 12.1. The number of fused-ring (bicyclic) bond motifs is 3. The van der Waals surface area contributed by atoms with Crippen LogP contribution in [0, 0.1) is 0 Å². The average Bonchev–Trinajstić information content (AvgIpc) is 2.89. The first kappa shape index (κ1) is 15.5. The zero-order valence-electron chi connectivity index (χ0n) is 13.4. The van der Waals surface area contributed by atoms with Crippen molar-refractivity contribution in [1.82, 2.24) is 4.90 Å². The average molecular weight is 339 g/mol. The highest BCUT2D eigenvalue weighted by atomic mass is 16.7. The van der Waals surface area contributed by atoms with Crippen LogP contribution >= 0.6 is 0 Å². The molecule has 0 aromatic heterocycles. The van der Waals surface area contributed by atoms with Crippen LogP contribution in [0.2, 0.25) is 0 Å². The van der Waals surface area contributed by atoms with Gasteiger partial charge in [0.15, 0.2) is 0 Å². The number of hydrogen-bond donors (Lipinski definition) is 1. The molecule has 1 heterocycles. The SMILES string of the molecule is O=C(O)OC1CN(C(=O)OCC2c3ccccc3-c3ccccc32)C1. The molecule has 0 radical (unpaired) electrons. The lowest BCUT2D eigenvalue weighted by Gasteiger charge is -2.36. The second-order valence-corrected chi connectivity index (χ2v) is 6.21. The highest BCUT2D eigenvalue weighted by Gasteiger charge is 2.36. The Morgan fingerprint density at radius 1 is 1.00 bits per heavy atom. The molecule has 1 fully saturated rings. The molecule has 0 saturated carbocycles. The Kier molecular flexibility index (Phi) is 3.80. The number of carbonyl (C=O) groups excluding carboxylic acids is 1. The maximum Gasteiger partial charge on any atom is 0.506 e. The van der Waals surface area contributed by atoms with E-state index in [9.17, 15) is 9.59 Å². The summed E-state index contributed by atoms with van der Waals surface area (Å²) in [5.41, 5.74) is 4.68. The first-order valence-electron chi connectivity index (χ1n) is 8.13. The quantitative estimate of drug-likeness (QED) is 0.868. The molecule has 6 nitrogen and oxygen atoms in total. The van der Waals surface area contributed by atoms with Gasteiger partial charge in [-0.2, -0.15) is 0 Å². The predicted molar refractivity (Wildman–Crippen MR) is 89.5 cm³/mol. The molecule has 0 unspecified atom stereocenters. The fourth-order valence-corrected chi connectivity index (χ4v) is 3.49. The summed E-state index contributed by atoms with van der Waals surface area (Å²) in [5, 5.41) is 8.55. The Hall–Kier alpha value is -3.02. The lowest BCUT2D eigenvalue weighted by atomic mass is 9.98. The van der Waals surface area contributed by atoms with Gasteiger partial charge in [-0.1, -0.05) is 48.5 Å². The monoisotopic (exact) mass is 339 g/mol. The van der Waals surface area contributed by atoms with E-state index in [1.54, 1.807) is 0 Å². The van der Waals surface area contributed by atoms with Crippen LogP contribution < -0.4 is 0 Å². The molecule has 0 spiro atoms. The molecule has 1 amide bonds. The lowest BCUT2D eigenvalue weighted by molar-refractivity contribution is -0.0314. The number of amides is 1. The number of nitrogens with zero attached hydrogens (tertiary/aromatic N) is 1. The third kappa shape index (κ3) is 2.80. The van der Waals surface area contributed by atoms with Gasteiger partial charge in [0.05, 0.1) is 13.1 Å². The fourth-order valence-electron chi connectivity index (χ4n) is 3.49. The van der Waals surface area contributed by atoms with Gasteiger partial charge in [-0.05, 0) is 22.3 Å². The number of carbonyl (C=O) groups is 2. The van der Waals surface area contributed by atoms with Crippen LogP contribution in [0.5, 0.6) is 0 Å². The van der Waals surface area contributed by atoms with E-state index < -0.39 is 18.4 Å². The molecule has 4 rings (SSSR count). The van der Waals surface area contributed by atoms with Gasteiger partial charge in [-0.3, -0.25) is 0 Å². The Bertz CT molecular complexity index is 783. The van der Waals surface area contributed by atoms with Crippen LogP contribution in [0.3, 0.4) is 0 Å². The third-order valence-electron chi connectivity index (χ3n) is 4.71. The number of likely N-dealkylation sites (tertiary alicyclic amines) is 1. The Morgan fingerprint density at radius 3 is 2.12 bits per heavy atom. The molecule has 1 N–H and O–H groups in total. The van der Waals surface area contributed by atoms with Crippen LogP contribution in [0.25, 0.3) is 11.1 Å². The van der Waals surface area contributed by atoms with E-state index in [1.165, 1.54) is 16.0 Å². The summed E-state index contributed by atoms with van der Waals surface area (Å²) in [6.45, 7) is 0.736. The topological polar surface area (TPSA) is 76.1 Å². The minimum atomic E-state index is -1.32. The summed E-state index contributed by atoms with van der Waals surface area (Å²) >= 11 is 0. The molecule has 1 saturated heterocycles. The van der Waals surface area contributed by atoms with E-state index in [1.807, 2.05) is 24.3 Å². The molecule has 2 aliphatic rings. The van der Waals surface area contributed by atoms with Gasteiger partial charge in [-0.15, -0.1) is 0 Å². The van der Waals surface area contributed by atoms with Gasteiger partial charge in [0, 0.05) is 5.92 Å². The molecule has 6 heteroatoms. The predicted octanol–water partition coefficient (Wildman–Crippen LogP) is 3.31.